The van der Waals surface area contributed by atoms with Gasteiger partial charge in [0.2, 0.25) is 21.8 Å². The molecule has 1 heterocycles. The summed E-state index contributed by atoms with van der Waals surface area (Å²) in [6.07, 6.45) is 1.49. The molecule has 7 nitrogen and oxygen atoms in total. The molecule has 1 amide bonds. The first kappa shape index (κ1) is 19.5. The normalized spacial score (nSPS) is 11.1. The maximum atomic E-state index is 12.9. The van der Waals surface area contributed by atoms with Gasteiger partial charge in [-0.3, -0.25) is 4.79 Å². The van der Waals surface area contributed by atoms with Crippen LogP contribution in [0.2, 0.25) is 0 Å². The minimum atomic E-state index is -3.76. The summed E-state index contributed by atoms with van der Waals surface area (Å²) >= 11 is 0. The maximum Gasteiger partial charge on any atom is 0.238 e. The molecule has 1 aromatic heterocycles. The van der Waals surface area contributed by atoms with E-state index in [1.54, 1.807) is 12.1 Å². The number of ether oxygens (including phenoxy) is 1. The van der Waals surface area contributed by atoms with Gasteiger partial charge in [-0.15, -0.1) is 0 Å². The van der Waals surface area contributed by atoms with Crippen LogP contribution in [0.25, 0.3) is 0 Å². The standard InChI is InChI=1S/C19H16FN3O4S/c20-14-3-6-16(7-4-14)27-19-10-5-15(12-22-19)23-18(24)11-13-1-8-17(9-2-13)28(21,25)26/h1-10,12H,11H2,(H,23,24)(H2,21,25,26). The molecular weight excluding hydrogens is 385 g/mol. The number of sulfonamides is 1. The fraction of sp³-hybridized carbons (Fsp3) is 0.0526. The van der Waals surface area contributed by atoms with Crippen LogP contribution in [0.4, 0.5) is 10.1 Å². The van der Waals surface area contributed by atoms with Crippen LogP contribution < -0.4 is 15.2 Å². The molecular formula is C19H16FN3O4S. The monoisotopic (exact) mass is 401 g/mol. The summed E-state index contributed by atoms with van der Waals surface area (Å²) in [6.45, 7) is 0. The molecule has 0 saturated carbocycles. The lowest BCUT2D eigenvalue weighted by Crippen LogP contribution is -2.15. The molecule has 0 fully saturated rings. The second-order valence-corrected chi connectivity index (χ2v) is 7.42. The number of nitrogens with one attached hydrogen (secondary N) is 1. The molecule has 3 aromatic rings. The van der Waals surface area contributed by atoms with Crippen molar-refractivity contribution in [1.29, 1.82) is 0 Å². The second kappa shape index (κ2) is 8.15. The molecule has 0 atom stereocenters. The highest BCUT2D eigenvalue weighted by molar-refractivity contribution is 7.89. The van der Waals surface area contributed by atoms with E-state index < -0.39 is 10.0 Å². The third-order valence-corrected chi connectivity index (χ3v) is 4.60. The lowest BCUT2D eigenvalue weighted by atomic mass is 10.1. The van der Waals surface area contributed by atoms with Gasteiger partial charge in [-0.05, 0) is 48.0 Å². The van der Waals surface area contributed by atoms with Crippen LogP contribution in [0.15, 0.2) is 71.8 Å². The van der Waals surface area contributed by atoms with Crippen molar-refractivity contribution in [3.63, 3.8) is 0 Å². The average molecular weight is 401 g/mol. The van der Waals surface area contributed by atoms with Gasteiger partial charge in [0.05, 0.1) is 23.2 Å². The molecule has 0 aliphatic heterocycles. The van der Waals surface area contributed by atoms with E-state index in [-0.39, 0.29) is 23.0 Å². The van der Waals surface area contributed by atoms with Crippen LogP contribution in [-0.4, -0.2) is 19.3 Å². The maximum absolute atomic E-state index is 12.9. The van der Waals surface area contributed by atoms with Gasteiger partial charge in [-0.2, -0.15) is 0 Å². The van der Waals surface area contributed by atoms with Gasteiger partial charge in [-0.25, -0.2) is 22.9 Å². The zero-order valence-corrected chi connectivity index (χ0v) is 15.3. The van der Waals surface area contributed by atoms with Crippen molar-refractivity contribution in [2.24, 2.45) is 5.14 Å². The van der Waals surface area contributed by atoms with Crippen molar-refractivity contribution in [2.75, 3.05) is 5.32 Å². The molecule has 2 aromatic carbocycles. The third-order valence-electron chi connectivity index (χ3n) is 3.67. The summed E-state index contributed by atoms with van der Waals surface area (Å²) in [5.74, 6) is 0.0758. The predicted octanol–water partition coefficient (Wildman–Crippen LogP) is 2.84. The number of hydrogen-bond acceptors (Lipinski definition) is 5. The third kappa shape index (κ3) is 5.35. The fourth-order valence-electron chi connectivity index (χ4n) is 2.33. The van der Waals surface area contributed by atoms with E-state index in [4.69, 9.17) is 9.88 Å². The fourth-order valence-corrected chi connectivity index (χ4v) is 2.84. The lowest BCUT2D eigenvalue weighted by molar-refractivity contribution is -0.115. The highest BCUT2D eigenvalue weighted by Gasteiger charge is 2.09. The number of rotatable bonds is 6. The molecule has 0 saturated heterocycles. The summed E-state index contributed by atoms with van der Waals surface area (Å²) in [6, 6.07) is 14.4. The smallest absolute Gasteiger partial charge is 0.238 e. The largest absolute Gasteiger partial charge is 0.439 e. The van der Waals surface area contributed by atoms with E-state index in [1.165, 1.54) is 54.7 Å². The number of nitrogens with zero attached hydrogens (tertiary/aromatic N) is 1. The van der Waals surface area contributed by atoms with Gasteiger partial charge in [0.1, 0.15) is 11.6 Å². The van der Waals surface area contributed by atoms with Crippen LogP contribution in [0.5, 0.6) is 11.6 Å². The number of halogens is 1. The Morgan fingerprint density at radius 2 is 1.71 bits per heavy atom. The first-order valence-corrected chi connectivity index (χ1v) is 9.65. The van der Waals surface area contributed by atoms with Crippen molar-refractivity contribution in [1.82, 2.24) is 4.98 Å². The van der Waals surface area contributed by atoms with Gasteiger partial charge < -0.3 is 10.1 Å². The first-order chi connectivity index (χ1) is 13.3. The van der Waals surface area contributed by atoms with E-state index in [0.717, 1.165) is 0 Å². The molecule has 0 radical (unpaired) electrons. The van der Waals surface area contributed by atoms with Crippen molar-refractivity contribution in [3.05, 3.63) is 78.2 Å². The number of hydrogen-bond donors (Lipinski definition) is 2. The number of amides is 1. The molecule has 144 valence electrons. The Kier molecular flexibility index (Phi) is 5.67. The highest BCUT2D eigenvalue weighted by atomic mass is 32.2. The van der Waals surface area contributed by atoms with Crippen LogP contribution in [-0.2, 0) is 21.2 Å². The van der Waals surface area contributed by atoms with Gasteiger partial charge in [0.15, 0.2) is 0 Å². The summed E-state index contributed by atoms with van der Waals surface area (Å²) in [5, 5.41) is 7.72. The van der Waals surface area contributed by atoms with E-state index >= 15 is 0 Å². The van der Waals surface area contributed by atoms with Crippen LogP contribution in [0, 0.1) is 5.82 Å². The molecule has 0 aliphatic carbocycles. The van der Waals surface area contributed by atoms with Gasteiger partial charge >= 0.3 is 0 Å². The number of primary sulfonamides is 1. The number of pyridine rings is 1. The first-order valence-electron chi connectivity index (χ1n) is 8.11. The Labute approximate surface area is 161 Å². The summed E-state index contributed by atoms with van der Waals surface area (Å²) in [5.41, 5.74) is 1.10. The minimum absolute atomic E-state index is 0.0161. The van der Waals surface area contributed by atoms with Crippen molar-refractivity contribution < 1.29 is 22.3 Å². The molecule has 9 heteroatoms. The molecule has 0 spiro atoms. The number of benzene rings is 2. The highest BCUT2D eigenvalue weighted by Crippen LogP contribution is 2.20. The molecule has 0 bridgehead atoms. The SMILES string of the molecule is NS(=O)(=O)c1ccc(CC(=O)Nc2ccc(Oc3ccc(F)cc3)nc2)cc1. The molecule has 0 unspecified atom stereocenters. The molecule has 0 aliphatic rings. The second-order valence-electron chi connectivity index (χ2n) is 5.86. The van der Waals surface area contributed by atoms with Crippen LogP contribution in [0.3, 0.4) is 0 Å². The number of carbonyl (C=O) groups excluding carboxylic acids is 1. The van der Waals surface area contributed by atoms with Gasteiger partial charge in [0.25, 0.3) is 0 Å². The van der Waals surface area contributed by atoms with Crippen molar-refractivity contribution >= 4 is 21.6 Å². The number of anilines is 1. The van der Waals surface area contributed by atoms with Crippen molar-refractivity contribution in [3.8, 4) is 11.6 Å². The van der Waals surface area contributed by atoms with E-state index in [9.17, 15) is 17.6 Å². The van der Waals surface area contributed by atoms with Crippen LogP contribution in [0.1, 0.15) is 5.56 Å². The average Bonchev–Trinajstić information content (AvgIpc) is 2.65. The van der Waals surface area contributed by atoms with Crippen molar-refractivity contribution in [2.45, 2.75) is 11.3 Å². The lowest BCUT2D eigenvalue weighted by Gasteiger charge is -2.08. The Hall–Kier alpha value is -3.30. The predicted molar refractivity (Wildman–Crippen MR) is 101 cm³/mol. The number of carbonyl (C=O) groups is 1. The Morgan fingerprint density at radius 3 is 2.29 bits per heavy atom. The van der Waals surface area contributed by atoms with E-state index in [1.807, 2.05) is 0 Å². The topological polar surface area (TPSA) is 111 Å². The minimum Gasteiger partial charge on any atom is -0.439 e. The Bertz CT molecular complexity index is 1070. The van der Waals surface area contributed by atoms with Gasteiger partial charge in [-0.1, -0.05) is 12.1 Å². The number of nitrogens with two attached hydrogens (primary N) is 1. The zero-order valence-electron chi connectivity index (χ0n) is 14.5. The molecule has 3 rings (SSSR count). The van der Waals surface area contributed by atoms with Crippen LogP contribution >= 0.6 is 0 Å². The number of aromatic nitrogens is 1. The van der Waals surface area contributed by atoms with E-state index in [2.05, 4.69) is 10.3 Å². The Balaban J connectivity index is 1.57. The molecule has 28 heavy (non-hydrogen) atoms. The Morgan fingerprint density at radius 1 is 1.04 bits per heavy atom. The molecule has 3 N–H and O–H groups in total. The summed E-state index contributed by atoms with van der Waals surface area (Å²) in [4.78, 5) is 16.2. The zero-order chi connectivity index (χ0) is 20.1. The van der Waals surface area contributed by atoms with Gasteiger partial charge in [0, 0.05) is 6.07 Å². The summed E-state index contributed by atoms with van der Waals surface area (Å²) < 4.78 is 40.8. The van der Waals surface area contributed by atoms with E-state index in [0.29, 0.717) is 22.9 Å². The summed E-state index contributed by atoms with van der Waals surface area (Å²) in [7, 11) is -3.76. The quantitative estimate of drug-likeness (QED) is 0.660.